The molecule has 0 aliphatic rings. The van der Waals surface area contributed by atoms with Gasteiger partial charge in [-0.1, -0.05) is 19.1 Å². The molecular weight excluding hydrogens is 262 g/mol. The minimum absolute atomic E-state index is 0.381. The van der Waals surface area contributed by atoms with E-state index in [4.69, 9.17) is 0 Å². The van der Waals surface area contributed by atoms with Crippen LogP contribution < -0.4 is 4.72 Å². The van der Waals surface area contributed by atoms with Crippen LogP contribution in [0.25, 0.3) is 11.0 Å². The van der Waals surface area contributed by atoms with Gasteiger partial charge in [0.25, 0.3) is 0 Å². The van der Waals surface area contributed by atoms with E-state index < -0.39 is 10.0 Å². The Morgan fingerprint density at radius 3 is 2.74 bits per heavy atom. The molecule has 1 N–H and O–H groups in total. The summed E-state index contributed by atoms with van der Waals surface area (Å²) in [6.45, 7) is 3.40. The van der Waals surface area contributed by atoms with Gasteiger partial charge in [0, 0.05) is 19.5 Å². The van der Waals surface area contributed by atoms with E-state index in [1.807, 2.05) is 24.3 Å². The van der Waals surface area contributed by atoms with Crippen LogP contribution in [0.2, 0.25) is 0 Å². The first-order chi connectivity index (χ1) is 9.01. The van der Waals surface area contributed by atoms with E-state index in [1.54, 1.807) is 0 Å². The Hall–Kier alpha value is -1.40. The smallest absolute Gasteiger partial charge is 0.208 e. The Morgan fingerprint density at radius 1 is 1.32 bits per heavy atom. The number of nitrogens with one attached hydrogen (secondary N) is 1. The lowest BCUT2D eigenvalue weighted by Gasteiger charge is -2.07. The van der Waals surface area contributed by atoms with Gasteiger partial charge in [-0.05, 0) is 18.6 Å². The summed E-state index contributed by atoms with van der Waals surface area (Å²) >= 11 is 0. The fourth-order valence-corrected chi connectivity index (χ4v) is 2.61. The van der Waals surface area contributed by atoms with E-state index in [1.165, 1.54) is 6.26 Å². The van der Waals surface area contributed by atoms with Gasteiger partial charge in [0.1, 0.15) is 5.82 Å². The van der Waals surface area contributed by atoms with Gasteiger partial charge >= 0.3 is 0 Å². The highest BCUT2D eigenvalue weighted by atomic mass is 32.2. The van der Waals surface area contributed by atoms with Crippen molar-refractivity contribution < 1.29 is 8.42 Å². The number of fused-ring (bicyclic) bond motifs is 1. The van der Waals surface area contributed by atoms with Crippen LogP contribution >= 0.6 is 0 Å². The summed E-state index contributed by atoms with van der Waals surface area (Å²) in [7, 11) is -3.14. The standard InChI is InChI=1S/C13H19N3O2S/c1-3-10-16-12-7-5-4-6-11(12)15-13(16)8-9-14-19(2,17)18/h4-7,14H,3,8-10H2,1-2H3. The predicted molar refractivity (Wildman–Crippen MR) is 76.6 cm³/mol. The average molecular weight is 281 g/mol. The maximum Gasteiger partial charge on any atom is 0.208 e. The molecule has 0 atom stereocenters. The molecule has 0 amide bonds. The molecule has 0 fully saturated rings. The molecule has 2 rings (SSSR count). The predicted octanol–water partition coefficient (Wildman–Crippen LogP) is 1.54. The summed E-state index contributed by atoms with van der Waals surface area (Å²) < 4.78 is 26.8. The van der Waals surface area contributed by atoms with Crippen LogP contribution in [0, 0.1) is 0 Å². The van der Waals surface area contributed by atoms with Crippen LogP contribution in [0.3, 0.4) is 0 Å². The third-order valence-electron chi connectivity index (χ3n) is 2.89. The van der Waals surface area contributed by atoms with Crippen molar-refractivity contribution in [3.05, 3.63) is 30.1 Å². The number of hydrogen-bond acceptors (Lipinski definition) is 3. The second kappa shape index (κ2) is 5.71. The zero-order chi connectivity index (χ0) is 13.9. The molecule has 1 heterocycles. The number of hydrogen-bond donors (Lipinski definition) is 1. The van der Waals surface area contributed by atoms with Crippen LogP contribution in [0.5, 0.6) is 0 Å². The van der Waals surface area contributed by atoms with Gasteiger partial charge in [-0.3, -0.25) is 0 Å². The van der Waals surface area contributed by atoms with Crippen molar-refractivity contribution in [2.75, 3.05) is 12.8 Å². The van der Waals surface area contributed by atoms with Crippen molar-refractivity contribution >= 4 is 21.1 Å². The topological polar surface area (TPSA) is 64.0 Å². The Balaban J connectivity index is 2.23. The number of sulfonamides is 1. The molecule has 6 heteroatoms. The number of benzene rings is 1. The minimum atomic E-state index is -3.14. The summed E-state index contributed by atoms with van der Waals surface area (Å²) in [4.78, 5) is 4.58. The SMILES string of the molecule is CCCn1c(CCNS(C)(=O)=O)nc2ccccc21. The minimum Gasteiger partial charge on any atom is -0.328 e. The Labute approximate surface area is 113 Å². The monoisotopic (exact) mass is 281 g/mol. The first-order valence-electron chi connectivity index (χ1n) is 6.40. The zero-order valence-corrected chi connectivity index (χ0v) is 12.1. The molecule has 1 aromatic heterocycles. The van der Waals surface area contributed by atoms with Gasteiger partial charge in [0.2, 0.25) is 10.0 Å². The Kier molecular flexibility index (Phi) is 4.21. The van der Waals surface area contributed by atoms with Gasteiger partial charge < -0.3 is 4.57 Å². The van der Waals surface area contributed by atoms with E-state index in [2.05, 4.69) is 21.2 Å². The number of para-hydroxylation sites is 2. The third-order valence-corrected chi connectivity index (χ3v) is 3.62. The molecular formula is C13H19N3O2S. The highest BCUT2D eigenvalue weighted by Crippen LogP contribution is 2.16. The number of rotatable bonds is 6. The average Bonchev–Trinajstić information content (AvgIpc) is 2.67. The molecule has 0 unspecified atom stereocenters. The summed E-state index contributed by atoms with van der Waals surface area (Å²) in [5.74, 6) is 0.930. The fraction of sp³-hybridized carbons (Fsp3) is 0.462. The van der Waals surface area contributed by atoms with E-state index in [0.717, 1.165) is 29.8 Å². The highest BCUT2D eigenvalue weighted by molar-refractivity contribution is 7.88. The summed E-state index contributed by atoms with van der Waals surface area (Å²) in [6.07, 6.45) is 2.79. The van der Waals surface area contributed by atoms with Crippen molar-refractivity contribution in [2.45, 2.75) is 26.3 Å². The van der Waals surface area contributed by atoms with Gasteiger partial charge in [-0.15, -0.1) is 0 Å². The molecule has 19 heavy (non-hydrogen) atoms. The maximum atomic E-state index is 11.1. The second-order valence-corrected chi connectivity index (χ2v) is 6.42. The first kappa shape index (κ1) is 14.0. The molecule has 0 radical (unpaired) electrons. The number of imidazole rings is 1. The van der Waals surface area contributed by atoms with Crippen LogP contribution in [0.1, 0.15) is 19.2 Å². The van der Waals surface area contributed by atoms with Gasteiger partial charge in [0.05, 0.1) is 17.3 Å². The summed E-state index contributed by atoms with van der Waals surface area (Å²) in [5.41, 5.74) is 2.07. The zero-order valence-electron chi connectivity index (χ0n) is 11.3. The molecule has 104 valence electrons. The van der Waals surface area contributed by atoms with Crippen molar-refractivity contribution in [3.63, 3.8) is 0 Å². The van der Waals surface area contributed by atoms with E-state index in [9.17, 15) is 8.42 Å². The van der Waals surface area contributed by atoms with E-state index in [-0.39, 0.29) is 0 Å². The molecule has 0 bridgehead atoms. The fourth-order valence-electron chi connectivity index (χ4n) is 2.14. The third kappa shape index (κ3) is 3.54. The van der Waals surface area contributed by atoms with Gasteiger partial charge in [-0.25, -0.2) is 18.1 Å². The quantitative estimate of drug-likeness (QED) is 0.873. The van der Waals surface area contributed by atoms with Gasteiger partial charge in [0.15, 0.2) is 0 Å². The molecule has 0 spiro atoms. The molecule has 5 nitrogen and oxygen atoms in total. The summed E-state index contributed by atoms with van der Waals surface area (Å²) in [6, 6.07) is 7.99. The van der Waals surface area contributed by atoms with Crippen molar-refractivity contribution in [1.82, 2.24) is 14.3 Å². The molecule has 0 aliphatic heterocycles. The number of nitrogens with zero attached hydrogens (tertiary/aromatic N) is 2. The Bertz CT molecular complexity index is 662. The van der Waals surface area contributed by atoms with Crippen LogP contribution in [0.4, 0.5) is 0 Å². The molecule has 0 saturated carbocycles. The first-order valence-corrected chi connectivity index (χ1v) is 8.29. The van der Waals surface area contributed by atoms with Gasteiger partial charge in [-0.2, -0.15) is 0 Å². The molecule has 0 aliphatic carbocycles. The number of aryl methyl sites for hydroxylation is 1. The van der Waals surface area contributed by atoms with Crippen molar-refractivity contribution in [3.8, 4) is 0 Å². The van der Waals surface area contributed by atoms with Crippen LogP contribution in [0.15, 0.2) is 24.3 Å². The molecule has 1 aromatic carbocycles. The van der Waals surface area contributed by atoms with Crippen LogP contribution in [-0.4, -0.2) is 30.8 Å². The lowest BCUT2D eigenvalue weighted by atomic mass is 10.3. The summed E-state index contributed by atoms with van der Waals surface area (Å²) in [5, 5.41) is 0. The number of aromatic nitrogens is 2. The largest absolute Gasteiger partial charge is 0.328 e. The molecule has 0 saturated heterocycles. The lowest BCUT2D eigenvalue weighted by Crippen LogP contribution is -2.25. The highest BCUT2D eigenvalue weighted by Gasteiger charge is 2.10. The van der Waals surface area contributed by atoms with Crippen LogP contribution in [-0.2, 0) is 23.0 Å². The normalized spacial score (nSPS) is 12.1. The van der Waals surface area contributed by atoms with E-state index >= 15 is 0 Å². The van der Waals surface area contributed by atoms with E-state index in [0.29, 0.717) is 13.0 Å². The van der Waals surface area contributed by atoms with Crippen molar-refractivity contribution in [2.24, 2.45) is 0 Å². The lowest BCUT2D eigenvalue weighted by molar-refractivity contribution is 0.584. The second-order valence-electron chi connectivity index (χ2n) is 4.58. The maximum absolute atomic E-state index is 11.1. The van der Waals surface area contributed by atoms with Crippen molar-refractivity contribution in [1.29, 1.82) is 0 Å². The molecule has 2 aromatic rings. The Morgan fingerprint density at radius 2 is 2.05 bits per heavy atom.